The lowest BCUT2D eigenvalue weighted by molar-refractivity contribution is -0.145. The Bertz CT molecular complexity index is 487. The Balaban J connectivity index is 1.76. The van der Waals surface area contributed by atoms with E-state index in [1.165, 1.54) is 11.1 Å². The highest BCUT2D eigenvalue weighted by Crippen LogP contribution is 2.49. The molecule has 1 fully saturated rings. The molecule has 3 nitrogen and oxygen atoms in total. The number of hydrogen-bond donors (Lipinski definition) is 1. The summed E-state index contributed by atoms with van der Waals surface area (Å²) in [5.41, 5.74) is 2.49. The van der Waals surface area contributed by atoms with Gasteiger partial charge in [0.1, 0.15) is 0 Å². The van der Waals surface area contributed by atoms with Gasteiger partial charge in [0.05, 0.1) is 18.1 Å². The van der Waals surface area contributed by atoms with Gasteiger partial charge in [-0.1, -0.05) is 31.2 Å². The normalized spacial score (nSPS) is 31.1. The van der Waals surface area contributed by atoms with Gasteiger partial charge in [0, 0.05) is 0 Å². The molecular weight excluding hydrogens is 240 g/mol. The molecule has 1 saturated carbocycles. The highest BCUT2D eigenvalue weighted by molar-refractivity contribution is 5.69. The van der Waals surface area contributed by atoms with Gasteiger partial charge >= 0.3 is 5.97 Å². The van der Waals surface area contributed by atoms with Gasteiger partial charge in [-0.25, -0.2) is 0 Å². The third-order valence-corrected chi connectivity index (χ3v) is 4.95. The van der Waals surface area contributed by atoms with E-state index in [-0.39, 0.29) is 11.5 Å². The van der Waals surface area contributed by atoms with Crippen LogP contribution in [0, 0.1) is 11.8 Å². The van der Waals surface area contributed by atoms with E-state index in [1.54, 1.807) is 0 Å². The Morgan fingerprint density at radius 3 is 2.74 bits per heavy atom. The lowest BCUT2D eigenvalue weighted by Crippen LogP contribution is -2.34. The summed E-state index contributed by atoms with van der Waals surface area (Å²) < 4.78 is 6.09. The summed E-state index contributed by atoms with van der Waals surface area (Å²) >= 11 is 0. The van der Waals surface area contributed by atoms with Gasteiger partial charge in [-0.3, -0.25) is 4.79 Å². The van der Waals surface area contributed by atoms with Crippen LogP contribution in [-0.2, 0) is 21.7 Å². The number of carboxylic acid groups (broad SMARTS) is 1. The van der Waals surface area contributed by atoms with Gasteiger partial charge < -0.3 is 9.84 Å². The molecule has 0 aromatic heterocycles. The highest BCUT2D eigenvalue weighted by Gasteiger charge is 2.44. The first-order valence-electron chi connectivity index (χ1n) is 7.07. The number of benzene rings is 1. The maximum absolute atomic E-state index is 11.1. The van der Waals surface area contributed by atoms with E-state index in [1.807, 2.05) is 6.92 Å². The Kier molecular flexibility index (Phi) is 3.09. The third kappa shape index (κ3) is 2.06. The fraction of sp³-hybridized carbons (Fsp3) is 0.562. The van der Waals surface area contributed by atoms with E-state index in [2.05, 4.69) is 24.3 Å². The van der Waals surface area contributed by atoms with Gasteiger partial charge in [-0.15, -0.1) is 0 Å². The summed E-state index contributed by atoms with van der Waals surface area (Å²) in [6, 6.07) is 8.43. The van der Waals surface area contributed by atoms with Crippen LogP contribution in [0.3, 0.4) is 0 Å². The summed E-state index contributed by atoms with van der Waals surface area (Å²) in [5.74, 6) is -0.623. The van der Waals surface area contributed by atoms with Gasteiger partial charge in [0.2, 0.25) is 0 Å². The maximum Gasteiger partial charge on any atom is 0.306 e. The first-order chi connectivity index (χ1) is 9.12. The van der Waals surface area contributed by atoms with Crippen LogP contribution in [0.25, 0.3) is 0 Å². The number of hydrogen-bond acceptors (Lipinski definition) is 2. The van der Waals surface area contributed by atoms with Crippen LogP contribution >= 0.6 is 0 Å². The molecule has 1 aromatic carbocycles. The summed E-state index contributed by atoms with van der Waals surface area (Å²) in [6.07, 6.45) is 3.79. The van der Waals surface area contributed by atoms with Crippen molar-refractivity contribution in [1.82, 2.24) is 0 Å². The SMILES string of the molecule is CC(C(=O)O)[C@H]1CC[C@]2(CC1)OCc1ccccc12. The molecule has 0 amide bonds. The molecule has 102 valence electrons. The Morgan fingerprint density at radius 1 is 1.37 bits per heavy atom. The van der Waals surface area contributed by atoms with Crippen molar-refractivity contribution in [3.05, 3.63) is 35.4 Å². The van der Waals surface area contributed by atoms with Crippen molar-refractivity contribution < 1.29 is 14.6 Å². The van der Waals surface area contributed by atoms with Gasteiger partial charge in [0.15, 0.2) is 0 Å². The van der Waals surface area contributed by atoms with Crippen LogP contribution in [0.2, 0.25) is 0 Å². The lowest BCUT2D eigenvalue weighted by atomic mass is 9.71. The summed E-state index contributed by atoms with van der Waals surface area (Å²) in [7, 11) is 0. The van der Waals surface area contributed by atoms with E-state index in [0.29, 0.717) is 12.5 Å². The first kappa shape index (κ1) is 12.7. The smallest absolute Gasteiger partial charge is 0.306 e. The molecule has 1 spiro atoms. The molecule has 1 heterocycles. The first-order valence-corrected chi connectivity index (χ1v) is 7.07. The Morgan fingerprint density at radius 2 is 2.05 bits per heavy atom. The molecule has 1 atom stereocenters. The summed E-state index contributed by atoms with van der Waals surface area (Å²) in [5, 5.41) is 9.12. The van der Waals surface area contributed by atoms with E-state index >= 15 is 0 Å². The molecule has 19 heavy (non-hydrogen) atoms. The summed E-state index contributed by atoms with van der Waals surface area (Å²) in [4.78, 5) is 11.1. The fourth-order valence-electron chi connectivity index (χ4n) is 3.61. The molecule has 1 aliphatic heterocycles. The average Bonchev–Trinajstić information content (AvgIpc) is 2.78. The van der Waals surface area contributed by atoms with Crippen molar-refractivity contribution in [3.8, 4) is 0 Å². The second-order valence-electron chi connectivity index (χ2n) is 5.90. The second kappa shape index (κ2) is 4.64. The standard InChI is InChI=1S/C16H20O3/c1-11(15(17)18)12-6-8-16(9-7-12)14-5-3-2-4-13(14)10-19-16/h2-5,11-12H,6-10H2,1H3,(H,17,18)/t11?,12-,16+. The van der Waals surface area contributed by atoms with Crippen molar-refractivity contribution in [2.75, 3.05) is 0 Å². The predicted octanol–water partition coefficient (Wildman–Crippen LogP) is 3.32. The molecule has 1 aromatic rings. The van der Waals surface area contributed by atoms with Crippen LogP contribution in [0.1, 0.15) is 43.7 Å². The van der Waals surface area contributed by atoms with E-state index in [4.69, 9.17) is 9.84 Å². The highest BCUT2D eigenvalue weighted by atomic mass is 16.5. The molecule has 0 saturated heterocycles. The number of rotatable bonds is 2. The largest absolute Gasteiger partial charge is 0.481 e. The Hall–Kier alpha value is -1.35. The minimum absolute atomic E-state index is 0.134. The quantitative estimate of drug-likeness (QED) is 0.887. The van der Waals surface area contributed by atoms with Crippen molar-refractivity contribution in [1.29, 1.82) is 0 Å². The van der Waals surface area contributed by atoms with Crippen LogP contribution in [0.4, 0.5) is 0 Å². The van der Waals surface area contributed by atoms with Crippen LogP contribution in [0.5, 0.6) is 0 Å². The number of fused-ring (bicyclic) bond motifs is 2. The van der Waals surface area contributed by atoms with Gasteiger partial charge in [-0.2, -0.15) is 0 Å². The number of aliphatic carboxylic acids is 1. The molecule has 1 unspecified atom stereocenters. The van der Waals surface area contributed by atoms with Gasteiger partial charge in [-0.05, 0) is 42.7 Å². The number of carbonyl (C=O) groups is 1. The predicted molar refractivity (Wildman–Crippen MR) is 71.7 cm³/mol. The van der Waals surface area contributed by atoms with Crippen molar-refractivity contribution in [3.63, 3.8) is 0 Å². The molecule has 3 rings (SSSR count). The molecule has 1 N–H and O–H groups in total. The Labute approximate surface area is 113 Å². The monoisotopic (exact) mass is 260 g/mol. The molecule has 3 heteroatoms. The molecule has 0 bridgehead atoms. The minimum atomic E-state index is -0.673. The molecule has 0 radical (unpaired) electrons. The third-order valence-electron chi connectivity index (χ3n) is 4.95. The zero-order chi connectivity index (χ0) is 13.5. The number of carboxylic acids is 1. The van der Waals surface area contributed by atoms with E-state index < -0.39 is 5.97 Å². The lowest BCUT2D eigenvalue weighted by Gasteiger charge is -2.38. The molecule has 1 aliphatic carbocycles. The molecule has 2 aliphatic rings. The molecular formula is C16H20O3. The minimum Gasteiger partial charge on any atom is -0.481 e. The van der Waals surface area contributed by atoms with E-state index in [0.717, 1.165) is 25.7 Å². The zero-order valence-corrected chi connectivity index (χ0v) is 11.3. The van der Waals surface area contributed by atoms with Gasteiger partial charge in [0.25, 0.3) is 0 Å². The van der Waals surface area contributed by atoms with E-state index in [9.17, 15) is 4.79 Å². The topological polar surface area (TPSA) is 46.5 Å². The van der Waals surface area contributed by atoms with Crippen molar-refractivity contribution >= 4 is 5.97 Å². The second-order valence-corrected chi connectivity index (χ2v) is 5.90. The van der Waals surface area contributed by atoms with Crippen LogP contribution < -0.4 is 0 Å². The van der Waals surface area contributed by atoms with Crippen molar-refractivity contribution in [2.24, 2.45) is 11.8 Å². The summed E-state index contributed by atoms with van der Waals surface area (Å²) in [6.45, 7) is 2.53. The van der Waals surface area contributed by atoms with Crippen LogP contribution in [0.15, 0.2) is 24.3 Å². The zero-order valence-electron chi connectivity index (χ0n) is 11.3. The maximum atomic E-state index is 11.1. The average molecular weight is 260 g/mol. The van der Waals surface area contributed by atoms with Crippen LogP contribution in [-0.4, -0.2) is 11.1 Å². The number of ether oxygens (including phenoxy) is 1. The fourth-order valence-corrected chi connectivity index (χ4v) is 3.61. The van der Waals surface area contributed by atoms with Crippen molar-refractivity contribution in [2.45, 2.75) is 44.8 Å².